The molecule has 0 unspecified atom stereocenters. The fourth-order valence-corrected chi connectivity index (χ4v) is 8.09. The number of carboxylic acid groups (broad SMARTS) is 2. The number of carbonyl (C=O) groups is 9. The highest BCUT2D eigenvalue weighted by molar-refractivity contribution is 5.99. The van der Waals surface area contributed by atoms with E-state index in [1.54, 1.807) is 24.3 Å². The molecule has 3 aromatic rings. The van der Waals surface area contributed by atoms with Crippen molar-refractivity contribution in [2.24, 2.45) is 28.1 Å². The summed E-state index contributed by atoms with van der Waals surface area (Å²) in [7, 11) is 0. The van der Waals surface area contributed by atoms with Crippen molar-refractivity contribution in [3.05, 3.63) is 65.9 Å². The van der Waals surface area contributed by atoms with Crippen LogP contribution < -0.4 is 49.1 Å². The van der Waals surface area contributed by atoms with Gasteiger partial charge in [-0.2, -0.15) is 0 Å². The Morgan fingerprint density at radius 2 is 1.29 bits per heavy atom. The van der Waals surface area contributed by atoms with E-state index >= 15 is 0 Å². The largest absolute Gasteiger partial charge is 0.508 e. The number of nitrogens with zero attached hydrogens (tertiary/aromatic N) is 2. The van der Waals surface area contributed by atoms with Crippen LogP contribution in [0.2, 0.25) is 0 Å². The van der Waals surface area contributed by atoms with E-state index < -0.39 is 121 Å². The predicted octanol–water partition coefficient (Wildman–Crippen LogP) is -3.47. The number of benzene rings is 2. The molecule has 1 aliphatic rings. The fourth-order valence-electron chi connectivity index (χ4n) is 8.09. The summed E-state index contributed by atoms with van der Waals surface area (Å²) in [6, 6.07) is 0.203. The molecule has 18 N–H and O–H groups in total. The number of aliphatic hydroxyl groups is 2. The van der Waals surface area contributed by atoms with Crippen LogP contribution in [0.1, 0.15) is 63.5 Å². The van der Waals surface area contributed by atoms with Gasteiger partial charge in [0, 0.05) is 43.0 Å². The molecule has 4 rings (SSSR count). The van der Waals surface area contributed by atoms with E-state index in [1.807, 2.05) is 13.8 Å². The number of amides is 7. The minimum atomic E-state index is -1.95. The van der Waals surface area contributed by atoms with E-state index in [0.717, 1.165) is 0 Å². The number of guanidine groups is 1. The number of aliphatic carboxylic acids is 2. The maximum absolute atomic E-state index is 14.3. The number of aliphatic hydroxyl groups excluding tert-OH is 2. The van der Waals surface area contributed by atoms with Gasteiger partial charge in [-0.15, -0.1) is 0 Å². The van der Waals surface area contributed by atoms with Gasteiger partial charge in [-0.3, -0.25) is 43.3 Å². The molecule has 73 heavy (non-hydrogen) atoms. The molecule has 0 spiro atoms. The smallest absolute Gasteiger partial charge is 0.326 e. The van der Waals surface area contributed by atoms with Crippen molar-refractivity contribution in [1.29, 1.82) is 0 Å². The average Bonchev–Trinajstić information content (AvgIpc) is 4.00. The summed E-state index contributed by atoms with van der Waals surface area (Å²) in [5.74, 6) is -10.2. The van der Waals surface area contributed by atoms with Crippen LogP contribution in [0.15, 0.2) is 59.7 Å². The first-order chi connectivity index (χ1) is 34.6. The molecule has 1 fully saturated rings. The summed E-state index contributed by atoms with van der Waals surface area (Å²) >= 11 is 0. The van der Waals surface area contributed by atoms with E-state index in [-0.39, 0.29) is 62.8 Å². The highest BCUT2D eigenvalue weighted by atomic mass is 16.4. The molecule has 26 heteroatoms. The predicted molar refractivity (Wildman–Crippen MR) is 262 cm³/mol. The Morgan fingerprint density at radius 3 is 1.88 bits per heavy atom. The van der Waals surface area contributed by atoms with E-state index in [2.05, 4.69) is 41.9 Å². The maximum atomic E-state index is 14.3. The van der Waals surface area contributed by atoms with Gasteiger partial charge in [0.05, 0.1) is 25.7 Å². The first-order valence-electron chi connectivity index (χ1n) is 23.5. The van der Waals surface area contributed by atoms with Crippen LogP contribution in [0, 0.1) is 5.92 Å². The number of para-hydroxylation sites is 1. The molecule has 2 aromatic carbocycles. The number of carboxylic acids is 2. The van der Waals surface area contributed by atoms with Gasteiger partial charge in [-0.25, -0.2) is 4.79 Å². The van der Waals surface area contributed by atoms with Gasteiger partial charge in [-0.1, -0.05) is 44.2 Å². The van der Waals surface area contributed by atoms with Crippen LogP contribution in [0.3, 0.4) is 0 Å². The third-order valence-electron chi connectivity index (χ3n) is 11.8. The van der Waals surface area contributed by atoms with Crippen molar-refractivity contribution >= 4 is 70.2 Å². The first-order valence-corrected chi connectivity index (χ1v) is 23.5. The average molecular weight is 1020 g/mol. The zero-order chi connectivity index (χ0) is 53.9. The molecule has 1 aromatic heterocycles. The Bertz CT molecular complexity index is 2460. The SMILES string of the molecule is CC(C)C[C@H](N)C(=O)N1CCC[C@H]1C(=O)N[C@@H](CO)C(=O)N[C@@H](CO)C(=O)N[C@@H](Cc1c[nH]c2ccccc12)C(=O)N[C@@H](CC(=O)O)C(=O)N[C@@H](Cc1ccc(O)cc1)C(=O)N[C@@H](CCCN=C(N)N)C(=O)O. The number of aromatic amines is 1. The second kappa shape index (κ2) is 27.7. The molecule has 2 heterocycles. The molecule has 0 bridgehead atoms. The third-order valence-corrected chi connectivity index (χ3v) is 11.8. The zero-order valence-corrected chi connectivity index (χ0v) is 40.4. The number of aliphatic imine (C=N–C) groups is 1. The fraction of sp³-hybridized carbons (Fsp3) is 0.489. The number of nitrogens with one attached hydrogen (secondary N) is 7. The molecule has 0 saturated carbocycles. The summed E-state index contributed by atoms with van der Waals surface area (Å²) < 4.78 is 0. The summed E-state index contributed by atoms with van der Waals surface area (Å²) in [5.41, 5.74) is 18.2. The maximum Gasteiger partial charge on any atom is 0.326 e. The highest BCUT2D eigenvalue weighted by Crippen LogP contribution is 2.21. The summed E-state index contributed by atoms with van der Waals surface area (Å²) in [6.07, 6.45) is 0.887. The zero-order valence-electron chi connectivity index (χ0n) is 40.4. The Kier molecular flexibility index (Phi) is 21.9. The lowest BCUT2D eigenvalue weighted by Gasteiger charge is -2.29. The molecule has 26 nitrogen and oxygen atoms in total. The number of rotatable bonds is 28. The molecule has 7 amide bonds. The molecule has 8 atom stereocenters. The second-order valence-electron chi connectivity index (χ2n) is 18.0. The number of hydrogen-bond acceptors (Lipinski definition) is 14. The number of phenolic OH excluding ortho intramolecular Hbond substituents is 1. The Labute approximate surface area is 419 Å². The normalized spacial score (nSPS) is 16.1. The highest BCUT2D eigenvalue weighted by Gasteiger charge is 2.39. The Hall–Kier alpha value is -7.84. The number of hydrogen-bond donors (Lipinski definition) is 15. The first kappa shape index (κ1) is 57.7. The van der Waals surface area contributed by atoms with Crippen molar-refractivity contribution in [3.8, 4) is 5.75 Å². The number of aromatic hydroxyl groups is 1. The minimum absolute atomic E-state index is 0.0345. The van der Waals surface area contributed by atoms with Crippen molar-refractivity contribution in [2.45, 2.75) is 114 Å². The Balaban J connectivity index is 1.56. The van der Waals surface area contributed by atoms with E-state index in [1.165, 1.54) is 35.4 Å². The van der Waals surface area contributed by atoms with Crippen LogP contribution in [0.4, 0.5) is 0 Å². The Morgan fingerprint density at radius 1 is 0.740 bits per heavy atom. The number of nitrogens with two attached hydrogens (primary N) is 3. The molecule has 1 aliphatic heterocycles. The molecule has 398 valence electrons. The molecule has 0 aliphatic carbocycles. The van der Waals surface area contributed by atoms with E-state index in [0.29, 0.717) is 34.9 Å². The van der Waals surface area contributed by atoms with Crippen molar-refractivity contribution in [2.75, 3.05) is 26.3 Å². The van der Waals surface area contributed by atoms with Crippen LogP contribution in [0.25, 0.3) is 10.9 Å². The number of H-pyrrole nitrogens is 1. The van der Waals surface area contributed by atoms with Gasteiger partial charge >= 0.3 is 11.9 Å². The lowest BCUT2D eigenvalue weighted by Crippen LogP contribution is -2.61. The summed E-state index contributed by atoms with van der Waals surface area (Å²) in [4.78, 5) is 129. The van der Waals surface area contributed by atoms with E-state index in [4.69, 9.17) is 17.2 Å². The van der Waals surface area contributed by atoms with Crippen LogP contribution >= 0.6 is 0 Å². The molecular formula is C47H66N12O14. The number of carbonyl (C=O) groups excluding carboxylic acids is 7. The lowest BCUT2D eigenvalue weighted by atomic mass is 10.0. The monoisotopic (exact) mass is 1020 g/mol. The summed E-state index contributed by atoms with van der Waals surface area (Å²) in [5, 5.41) is 64.8. The van der Waals surface area contributed by atoms with Crippen LogP contribution in [-0.2, 0) is 56.0 Å². The quantitative estimate of drug-likeness (QED) is 0.0191. The van der Waals surface area contributed by atoms with E-state index in [9.17, 15) is 68.7 Å². The minimum Gasteiger partial charge on any atom is -0.508 e. The van der Waals surface area contributed by atoms with Gasteiger partial charge in [0.25, 0.3) is 0 Å². The van der Waals surface area contributed by atoms with Crippen LogP contribution in [0.5, 0.6) is 5.75 Å². The molecular weight excluding hydrogens is 957 g/mol. The van der Waals surface area contributed by atoms with Gasteiger partial charge in [0.1, 0.15) is 48.0 Å². The van der Waals surface area contributed by atoms with Crippen molar-refractivity contribution in [1.82, 2.24) is 41.8 Å². The van der Waals surface area contributed by atoms with Gasteiger partial charge in [0.15, 0.2) is 5.96 Å². The summed E-state index contributed by atoms with van der Waals surface area (Å²) in [6.45, 7) is 2.00. The lowest BCUT2D eigenvalue weighted by molar-refractivity contribution is -0.143. The van der Waals surface area contributed by atoms with Crippen molar-refractivity contribution in [3.63, 3.8) is 0 Å². The number of phenols is 1. The van der Waals surface area contributed by atoms with Gasteiger partial charge in [0.2, 0.25) is 41.4 Å². The third kappa shape index (κ3) is 17.5. The topological polar surface area (TPSA) is 436 Å². The van der Waals surface area contributed by atoms with Gasteiger partial charge in [-0.05, 0) is 67.3 Å². The molecule has 0 radical (unpaired) electrons. The van der Waals surface area contributed by atoms with Crippen LogP contribution in [-0.4, -0.2) is 169 Å². The molecule has 1 saturated heterocycles. The number of likely N-dealkylation sites (tertiary alicyclic amines) is 1. The van der Waals surface area contributed by atoms with Gasteiger partial charge < -0.3 is 84.5 Å². The van der Waals surface area contributed by atoms with Crippen molar-refractivity contribution < 1.29 is 68.7 Å². The number of aromatic nitrogens is 1. The number of fused-ring (bicyclic) bond motifs is 1. The second-order valence-corrected chi connectivity index (χ2v) is 18.0. The standard InChI is InChI=1S/C47H66N12O14/c1-24(2)17-29(48)45(71)59-16-6-10-37(59)44(70)58-36(23-61)43(69)57-35(22-60)42(68)55-33(19-26-21-52-30-8-4-3-7-28(26)30)40(66)56-34(20-38(63)64)41(67)54-32(18-25-11-13-27(62)14-12-25)39(65)53-31(46(72)73)9-5-15-51-47(49)50/h3-4,7-8,11-14,21,24,29,31-37,52,60-62H,5-6,9-10,15-20,22-23,48H2,1-2H3,(H,53,65)(H,54,67)(H,55,68)(H,56,66)(H,57,69)(H,58,70)(H,63,64)(H,72,73)(H4,49,50,51)/t29-,31-,32-,33-,34-,35-,36-,37-/m0/s1.